The summed E-state index contributed by atoms with van der Waals surface area (Å²) >= 11 is 0. The van der Waals surface area contributed by atoms with Gasteiger partial charge in [-0.2, -0.15) is 0 Å². The number of alkyl carbamates (subject to hydrolysis) is 1. The highest BCUT2D eigenvalue weighted by Crippen LogP contribution is 2.02. The van der Waals surface area contributed by atoms with E-state index in [0.29, 0.717) is 31.6 Å². The van der Waals surface area contributed by atoms with Gasteiger partial charge in [-0.15, -0.1) is 0 Å². The van der Waals surface area contributed by atoms with E-state index in [9.17, 15) is 9.59 Å². The van der Waals surface area contributed by atoms with Crippen LogP contribution in [0.5, 0.6) is 0 Å². The minimum Gasteiger partial charge on any atom is -0.448 e. The molecule has 0 rings (SSSR count). The van der Waals surface area contributed by atoms with Gasteiger partial charge in [-0.05, 0) is 123 Å². The van der Waals surface area contributed by atoms with Crippen LogP contribution in [0.4, 0.5) is 4.79 Å². The summed E-state index contributed by atoms with van der Waals surface area (Å²) in [6.45, 7) is 40.1. The monoisotopic (exact) mass is 877 g/mol. The van der Waals surface area contributed by atoms with E-state index in [2.05, 4.69) is 117 Å². The molecule has 2 amide bonds. The highest BCUT2D eigenvalue weighted by Gasteiger charge is 2.06. The summed E-state index contributed by atoms with van der Waals surface area (Å²) in [6.07, 6.45) is 22.7. The third-order valence-corrected chi connectivity index (χ3v) is 9.15. The second-order valence-corrected chi connectivity index (χ2v) is 16.7. The van der Waals surface area contributed by atoms with Crippen LogP contribution < -0.4 is 10.6 Å². The van der Waals surface area contributed by atoms with Gasteiger partial charge in [-0.25, -0.2) is 4.79 Å². The maximum absolute atomic E-state index is 11.6. The van der Waals surface area contributed by atoms with Gasteiger partial charge in [0.15, 0.2) is 0 Å². The fourth-order valence-electron chi connectivity index (χ4n) is 5.48. The molecule has 0 saturated carbocycles. The summed E-state index contributed by atoms with van der Waals surface area (Å²) in [5, 5.41) is 5.75. The van der Waals surface area contributed by atoms with Crippen LogP contribution in [-0.2, 0) is 23.7 Å². The Morgan fingerprint density at radius 1 is 0.492 bits per heavy atom. The highest BCUT2D eigenvalue weighted by molar-refractivity contribution is 5.75. The molecule has 10 nitrogen and oxygen atoms in total. The molecule has 0 aliphatic rings. The van der Waals surface area contributed by atoms with Crippen molar-refractivity contribution in [2.45, 2.75) is 225 Å². The number of nitrogens with zero attached hydrogens (tertiary/aromatic N) is 2. The molecule has 0 radical (unpaired) electrons. The third kappa shape index (κ3) is 73.3. The lowest BCUT2D eigenvalue weighted by Crippen LogP contribution is -2.32. The number of ether oxygens (including phenoxy) is 4. The predicted octanol–water partition coefficient (Wildman–Crippen LogP) is 13.1. The number of carbonyl (C=O) groups is 2. The fraction of sp³-hybridized carbons (Fsp3) is 0.961. The molecule has 1 unspecified atom stereocenters. The number of hydrogen-bond donors (Lipinski definition) is 2. The molecular weight excluding hydrogens is 765 g/mol. The fourth-order valence-corrected chi connectivity index (χ4v) is 5.48. The summed E-state index contributed by atoms with van der Waals surface area (Å²) in [7, 11) is 2.17. The Labute approximate surface area is 382 Å². The second kappa shape index (κ2) is 62.8. The SMILES string of the molecule is CCC(C)OCC(C)C.CCCCC(=O)NCCCCCCNC(=O)OCCN(CCC)CCC.CCCCCOCCCCC.CCCN(C)CCC.CCCOCCC. The number of nitrogens with one attached hydrogen (secondary N) is 2. The zero-order valence-electron chi connectivity index (χ0n) is 43.8. The smallest absolute Gasteiger partial charge is 0.407 e. The summed E-state index contributed by atoms with van der Waals surface area (Å²) in [4.78, 5) is 27.8. The van der Waals surface area contributed by atoms with Gasteiger partial charge in [0, 0.05) is 59.1 Å². The maximum Gasteiger partial charge on any atom is 0.407 e. The normalized spacial score (nSPS) is 11.0. The molecule has 0 aliphatic heterocycles. The topological polar surface area (TPSA) is 102 Å². The van der Waals surface area contributed by atoms with Crippen molar-refractivity contribution in [2.75, 3.05) is 92.5 Å². The van der Waals surface area contributed by atoms with Gasteiger partial charge in [0.25, 0.3) is 0 Å². The lowest BCUT2D eigenvalue weighted by molar-refractivity contribution is -0.121. The molecule has 61 heavy (non-hydrogen) atoms. The maximum atomic E-state index is 11.6. The van der Waals surface area contributed by atoms with E-state index in [0.717, 1.165) is 130 Å². The van der Waals surface area contributed by atoms with E-state index in [1.54, 1.807) is 0 Å². The molecule has 372 valence electrons. The van der Waals surface area contributed by atoms with E-state index in [4.69, 9.17) is 18.9 Å². The van der Waals surface area contributed by atoms with Gasteiger partial charge in [0.1, 0.15) is 6.61 Å². The summed E-state index contributed by atoms with van der Waals surface area (Å²) in [6, 6.07) is 0. The van der Waals surface area contributed by atoms with Gasteiger partial charge >= 0.3 is 6.09 Å². The van der Waals surface area contributed by atoms with E-state index < -0.39 is 0 Å². The number of hydrogen-bond acceptors (Lipinski definition) is 8. The summed E-state index contributed by atoms with van der Waals surface area (Å²) < 4.78 is 21.3. The Kier molecular flexibility index (Phi) is 70.7. The molecule has 1 atom stereocenters. The van der Waals surface area contributed by atoms with Crippen molar-refractivity contribution in [3.05, 3.63) is 0 Å². The van der Waals surface area contributed by atoms with E-state index in [-0.39, 0.29) is 12.0 Å². The van der Waals surface area contributed by atoms with Crippen molar-refractivity contribution < 1.29 is 28.5 Å². The average molecular weight is 877 g/mol. The van der Waals surface area contributed by atoms with Crippen LogP contribution >= 0.6 is 0 Å². The molecule has 0 heterocycles. The van der Waals surface area contributed by atoms with Crippen LogP contribution in [0.3, 0.4) is 0 Å². The standard InChI is InChI=1S/C20H41N3O3.C10H22O.C8H18O.C7H17N.C6H14O/c1-4-7-12-19(24)21-13-10-8-9-11-14-22-20(25)26-18-17-23(15-5-2)16-6-3;1-3-5-7-9-11-10-8-6-4-2;1-5-8(4)9-6-7(2)3;1-4-6-8(3)7-5-2;1-3-5-7-6-4-2/h4-18H2,1-3H3,(H,21,24)(H,22,25);3-10H2,1-2H3;7-8H,5-6H2,1-4H3;4-7H2,1-3H3;3-6H2,1-2H3. The number of carbonyl (C=O) groups excluding carboxylic acids is 2. The Morgan fingerprint density at radius 2 is 0.967 bits per heavy atom. The molecule has 0 saturated heterocycles. The van der Waals surface area contributed by atoms with Crippen molar-refractivity contribution in [3.63, 3.8) is 0 Å². The largest absolute Gasteiger partial charge is 0.448 e. The number of unbranched alkanes of at least 4 members (excludes halogenated alkanes) is 8. The molecule has 2 N–H and O–H groups in total. The first-order chi connectivity index (χ1) is 29.4. The van der Waals surface area contributed by atoms with Crippen molar-refractivity contribution in [2.24, 2.45) is 5.92 Å². The molecule has 10 heteroatoms. The molecule has 0 aromatic heterocycles. The van der Waals surface area contributed by atoms with Gasteiger partial charge in [-0.3, -0.25) is 9.69 Å². The second-order valence-electron chi connectivity index (χ2n) is 16.7. The van der Waals surface area contributed by atoms with E-state index in [1.165, 1.54) is 64.5 Å². The average Bonchev–Trinajstić information content (AvgIpc) is 3.24. The zero-order valence-corrected chi connectivity index (χ0v) is 43.8. The van der Waals surface area contributed by atoms with Crippen LogP contribution in [0.25, 0.3) is 0 Å². The zero-order chi connectivity index (χ0) is 47.0. The van der Waals surface area contributed by atoms with Crippen LogP contribution in [0.2, 0.25) is 0 Å². The molecule has 0 spiro atoms. The molecular formula is C51H112N4O6. The molecule has 0 aliphatic carbocycles. The van der Waals surface area contributed by atoms with E-state index in [1.807, 2.05) is 0 Å². The first-order valence-corrected chi connectivity index (χ1v) is 25.8. The number of amides is 2. The Bertz CT molecular complexity index is 768. The van der Waals surface area contributed by atoms with Crippen LogP contribution in [0, 0.1) is 5.92 Å². The summed E-state index contributed by atoms with van der Waals surface area (Å²) in [5.74, 6) is 0.826. The lowest BCUT2D eigenvalue weighted by Gasteiger charge is -2.20. The Hall–Kier alpha value is -1.46. The quantitative estimate of drug-likeness (QED) is 0.0595. The van der Waals surface area contributed by atoms with E-state index >= 15 is 0 Å². The molecule has 0 bridgehead atoms. The van der Waals surface area contributed by atoms with Crippen LogP contribution in [0.15, 0.2) is 0 Å². The minimum atomic E-state index is -0.318. The van der Waals surface area contributed by atoms with Crippen molar-refractivity contribution in [1.82, 2.24) is 20.4 Å². The van der Waals surface area contributed by atoms with Crippen LogP contribution in [0.1, 0.15) is 218 Å². The molecule has 0 aromatic rings. The van der Waals surface area contributed by atoms with Gasteiger partial charge in [0.2, 0.25) is 5.91 Å². The van der Waals surface area contributed by atoms with Gasteiger partial charge in [0.05, 0.1) is 6.10 Å². The molecule has 0 aromatic carbocycles. The van der Waals surface area contributed by atoms with Gasteiger partial charge in [-0.1, -0.05) is 128 Å². The highest BCUT2D eigenvalue weighted by atomic mass is 16.5. The first kappa shape index (κ1) is 68.6. The summed E-state index contributed by atoms with van der Waals surface area (Å²) in [5.41, 5.74) is 0. The Morgan fingerprint density at radius 3 is 1.39 bits per heavy atom. The lowest BCUT2D eigenvalue weighted by atomic mass is 10.2. The number of rotatable bonds is 37. The van der Waals surface area contributed by atoms with Crippen LogP contribution in [-0.4, -0.2) is 120 Å². The minimum absolute atomic E-state index is 0.160. The predicted molar refractivity (Wildman–Crippen MR) is 267 cm³/mol. The molecule has 0 fully saturated rings. The van der Waals surface area contributed by atoms with Crippen molar-refractivity contribution >= 4 is 12.0 Å². The Balaban J connectivity index is -0.000000245. The van der Waals surface area contributed by atoms with Crippen molar-refractivity contribution in [1.29, 1.82) is 0 Å². The first-order valence-electron chi connectivity index (χ1n) is 25.8. The van der Waals surface area contributed by atoms with Crippen molar-refractivity contribution in [3.8, 4) is 0 Å². The third-order valence-electron chi connectivity index (χ3n) is 9.15. The van der Waals surface area contributed by atoms with Gasteiger partial charge < -0.3 is 34.5 Å².